The van der Waals surface area contributed by atoms with E-state index < -0.39 is 0 Å². The molecule has 0 saturated carbocycles. The van der Waals surface area contributed by atoms with Crippen molar-refractivity contribution in [1.29, 1.82) is 0 Å². The van der Waals surface area contributed by atoms with Crippen LogP contribution in [-0.2, 0) is 4.79 Å². The van der Waals surface area contributed by atoms with Gasteiger partial charge in [0.05, 0.1) is 10.0 Å². The van der Waals surface area contributed by atoms with Crippen LogP contribution in [0, 0.1) is 0 Å². The van der Waals surface area contributed by atoms with Gasteiger partial charge in [0.15, 0.2) is 0 Å². The van der Waals surface area contributed by atoms with Crippen LogP contribution in [-0.4, -0.2) is 37.1 Å². The smallest absolute Gasteiger partial charge is 0.221 e. The second-order valence-corrected chi connectivity index (χ2v) is 5.45. The minimum Gasteiger partial charge on any atom is -0.369 e. The molecule has 5 nitrogen and oxygen atoms in total. The van der Waals surface area contributed by atoms with Gasteiger partial charge in [0.25, 0.3) is 0 Å². The van der Waals surface area contributed by atoms with Crippen molar-refractivity contribution in [2.24, 2.45) is 0 Å². The molecule has 0 spiro atoms. The van der Waals surface area contributed by atoms with Crippen molar-refractivity contribution in [2.45, 2.75) is 19.8 Å². The number of aromatic nitrogens is 1. The molecule has 1 saturated heterocycles. The molecule has 1 aliphatic heterocycles. The summed E-state index contributed by atoms with van der Waals surface area (Å²) in [4.78, 5) is 17.9. The molecule has 1 aliphatic rings. The van der Waals surface area contributed by atoms with Crippen LogP contribution in [0.4, 0.5) is 11.6 Å². The zero-order valence-corrected chi connectivity index (χ0v) is 12.9. The van der Waals surface area contributed by atoms with Gasteiger partial charge in [-0.15, -0.1) is 0 Å². The maximum Gasteiger partial charge on any atom is 0.221 e. The van der Waals surface area contributed by atoms with Crippen molar-refractivity contribution in [2.75, 3.05) is 36.4 Å². The van der Waals surface area contributed by atoms with E-state index in [1.807, 2.05) is 4.90 Å². The largest absolute Gasteiger partial charge is 0.369 e. The average Bonchev–Trinajstić information content (AvgIpc) is 2.63. The monoisotopic (exact) mass is 316 g/mol. The fourth-order valence-electron chi connectivity index (χ4n) is 2.02. The van der Waals surface area contributed by atoms with Crippen molar-refractivity contribution in [3.05, 3.63) is 16.1 Å². The lowest BCUT2D eigenvalue weighted by Gasteiger charge is -2.23. The van der Waals surface area contributed by atoms with Crippen LogP contribution in [0.2, 0.25) is 10.0 Å². The molecule has 0 aromatic carbocycles. The van der Waals surface area contributed by atoms with Crippen molar-refractivity contribution >= 4 is 40.7 Å². The quantitative estimate of drug-likeness (QED) is 0.896. The third-order valence-electron chi connectivity index (χ3n) is 3.07. The number of halogens is 2. The zero-order chi connectivity index (χ0) is 14.5. The summed E-state index contributed by atoms with van der Waals surface area (Å²) in [6.45, 7) is 4.76. The van der Waals surface area contributed by atoms with Crippen LogP contribution in [0.3, 0.4) is 0 Å². The highest BCUT2D eigenvalue weighted by Gasteiger charge is 2.19. The van der Waals surface area contributed by atoms with E-state index in [-0.39, 0.29) is 5.91 Å². The molecule has 7 heteroatoms. The van der Waals surface area contributed by atoms with E-state index >= 15 is 0 Å². The first kappa shape index (κ1) is 15.2. The molecule has 1 amide bonds. The molecule has 0 radical (unpaired) electrons. The first-order valence-corrected chi connectivity index (χ1v) is 7.49. The third-order valence-corrected chi connectivity index (χ3v) is 3.63. The molecule has 2 rings (SSSR count). The molecule has 0 bridgehead atoms. The van der Waals surface area contributed by atoms with E-state index in [1.165, 1.54) is 0 Å². The van der Waals surface area contributed by atoms with E-state index in [2.05, 4.69) is 22.5 Å². The molecular weight excluding hydrogens is 299 g/mol. The van der Waals surface area contributed by atoms with Gasteiger partial charge in [-0.2, -0.15) is 0 Å². The van der Waals surface area contributed by atoms with E-state index in [1.54, 1.807) is 6.07 Å². The van der Waals surface area contributed by atoms with Crippen molar-refractivity contribution in [3.8, 4) is 0 Å². The Morgan fingerprint density at radius 2 is 2.20 bits per heavy atom. The molecule has 110 valence electrons. The highest BCUT2D eigenvalue weighted by atomic mass is 35.5. The van der Waals surface area contributed by atoms with E-state index in [4.69, 9.17) is 23.2 Å². The first-order valence-electron chi connectivity index (χ1n) is 6.73. The number of carbonyl (C=O) groups is 1. The van der Waals surface area contributed by atoms with Gasteiger partial charge in [-0.3, -0.25) is 4.79 Å². The van der Waals surface area contributed by atoms with Gasteiger partial charge in [0, 0.05) is 32.6 Å². The SMILES string of the molecule is CCCNc1nc(N2CCNC(=O)CC2)c(Cl)cc1Cl. The second kappa shape index (κ2) is 6.99. The van der Waals surface area contributed by atoms with Gasteiger partial charge in [0.1, 0.15) is 11.6 Å². The Kier molecular flexibility index (Phi) is 5.31. The van der Waals surface area contributed by atoms with Gasteiger partial charge >= 0.3 is 0 Å². The summed E-state index contributed by atoms with van der Waals surface area (Å²) >= 11 is 12.4. The number of amides is 1. The fourth-order valence-corrected chi connectivity index (χ4v) is 2.57. The molecule has 0 atom stereocenters. The maximum atomic E-state index is 11.4. The number of carbonyl (C=O) groups excluding carboxylic acids is 1. The predicted octanol–water partition coefficient (Wildman–Crippen LogP) is 2.54. The average molecular weight is 317 g/mol. The summed E-state index contributed by atoms with van der Waals surface area (Å²) in [7, 11) is 0. The summed E-state index contributed by atoms with van der Waals surface area (Å²) in [6, 6.07) is 1.70. The summed E-state index contributed by atoms with van der Waals surface area (Å²) in [5, 5.41) is 7.03. The molecular formula is C13H18Cl2N4O. The Morgan fingerprint density at radius 3 is 2.95 bits per heavy atom. The van der Waals surface area contributed by atoms with E-state index in [9.17, 15) is 4.79 Å². The van der Waals surface area contributed by atoms with Crippen molar-refractivity contribution in [1.82, 2.24) is 10.3 Å². The van der Waals surface area contributed by atoms with Crippen molar-refractivity contribution in [3.63, 3.8) is 0 Å². The topological polar surface area (TPSA) is 57.3 Å². The number of pyridine rings is 1. The van der Waals surface area contributed by atoms with Crippen LogP contribution in [0.1, 0.15) is 19.8 Å². The van der Waals surface area contributed by atoms with Crippen LogP contribution < -0.4 is 15.5 Å². The molecule has 2 N–H and O–H groups in total. The molecule has 1 fully saturated rings. The van der Waals surface area contributed by atoms with Crippen molar-refractivity contribution < 1.29 is 4.79 Å². The van der Waals surface area contributed by atoms with E-state index in [0.717, 1.165) is 13.0 Å². The standard InChI is InChI=1S/C13H18Cl2N4O/c1-2-4-17-12-9(14)8-10(15)13(18-12)19-6-3-11(20)16-5-7-19/h8H,2-7H2,1H3,(H,16,20)(H,17,18). The van der Waals surface area contributed by atoms with Gasteiger partial charge < -0.3 is 15.5 Å². The van der Waals surface area contributed by atoms with Crippen LogP contribution >= 0.6 is 23.2 Å². The Morgan fingerprint density at radius 1 is 1.40 bits per heavy atom. The summed E-state index contributed by atoms with van der Waals surface area (Å²) in [5.74, 6) is 1.37. The first-order chi connectivity index (χ1) is 9.61. The predicted molar refractivity (Wildman–Crippen MR) is 82.9 cm³/mol. The lowest BCUT2D eigenvalue weighted by molar-refractivity contribution is -0.120. The van der Waals surface area contributed by atoms with Gasteiger partial charge in [-0.1, -0.05) is 30.1 Å². The van der Waals surface area contributed by atoms with Gasteiger partial charge in [-0.25, -0.2) is 4.98 Å². The molecule has 1 aromatic heterocycles. The van der Waals surface area contributed by atoms with E-state index in [0.29, 0.717) is 47.7 Å². The number of hydrogen-bond donors (Lipinski definition) is 2. The zero-order valence-electron chi connectivity index (χ0n) is 11.4. The number of nitrogens with one attached hydrogen (secondary N) is 2. The fraction of sp³-hybridized carbons (Fsp3) is 0.538. The summed E-state index contributed by atoms with van der Waals surface area (Å²) < 4.78 is 0. The van der Waals surface area contributed by atoms with Gasteiger partial charge in [0.2, 0.25) is 5.91 Å². The van der Waals surface area contributed by atoms with Gasteiger partial charge in [-0.05, 0) is 12.5 Å². The number of hydrogen-bond acceptors (Lipinski definition) is 4. The highest BCUT2D eigenvalue weighted by Crippen LogP contribution is 2.31. The number of nitrogens with zero attached hydrogens (tertiary/aromatic N) is 2. The summed E-state index contributed by atoms with van der Waals surface area (Å²) in [6.07, 6.45) is 1.43. The Bertz CT molecular complexity index is 496. The molecule has 0 aliphatic carbocycles. The molecule has 2 heterocycles. The second-order valence-electron chi connectivity index (χ2n) is 4.64. The summed E-state index contributed by atoms with van der Waals surface area (Å²) in [5.41, 5.74) is 0. The molecule has 20 heavy (non-hydrogen) atoms. The minimum atomic E-state index is 0.0573. The minimum absolute atomic E-state index is 0.0573. The maximum absolute atomic E-state index is 11.4. The number of anilines is 2. The van der Waals surface area contributed by atoms with Crippen LogP contribution in [0.15, 0.2) is 6.07 Å². The lowest BCUT2D eigenvalue weighted by Crippen LogP contribution is -2.29. The lowest BCUT2D eigenvalue weighted by atomic mass is 10.3. The highest BCUT2D eigenvalue weighted by molar-refractivity contribution is 6.37. The molecule has 1 aromatic rings. The normalized spacial score (nSPS) is 15.8. The number of rotatable bonds is 4. The van der Waals surface area contributed by atoms with Crippen LogP contribution in [0.5, 0.6) is 0 Å². The Hall–Kier alpha value is -1.20. The third kappa shape index (κ3) is 3.67. The molecule has 0 unspecified atom stereocenters. The Balaban J connectivity index is 2.23. The van der Waals surface area contributed by atoms with Crippen LogP contribution in [0.25, 0.3) is 0 Å². The Labute approximate surface area is 128 Å².